The van der Waals surface area contributed by atoms with Crippen molar-refractivity contribution in [2.24, 2.45) is 0 Å². The van der Waals surface area contributed by atoms with Crippen molar-refractivity contribution >= 4 is 23.1 Å². The number of anilines is 1. The molecule has 1 fully saturated rings. The lowest BCUT2D eigenvalue weighted by Crippen LogP contribution is -2.40. The van der Waals surface area contributed by atoms with Crippen LogP contribution in [0.2, 0.25) is 0 Å². The zero-order valence-corrected chi connectivity index (χ0v) is 19.3. The van der Waals surface area contributed by atoms with E-state index in [0.29, 0.717) is 17.1 Å². The van der Waals surface area contributed by atoms with Crippen LogP contribution in [-0.2, 0) is 4.74 Å². The Kier molecular flexibility index (Phi) is 6.35. The third-order valence-electron chi connectivity index (χ3n) is 5.25. The maximum absolute atomic E-state index is 14.2. The van der Waals surface area contributed by atoms with Gasteiger partial charge in [0.2, 0.25) is 5.88 Å². The number of amides is 1. The van der Waals surface area contributed by atoms with Crippen LogP contribution in [0.3, 0.4) is 0 Å². The fourth-order valence-electron chi connectivity index (χ4n) is 3.90. The van der Waals surface area contributed by atoms with Crippen molar-refractivity contribution in [3.05, 3.63) is 42.1 Å². The predicted octanol–water partition coefficient (Wildman–Crippen LogP) is 4.13. The third-order valence-corrected chi connectivity index (χ3v) is 5.25. The lowest BCUT2D eigenvalue weighted by molar-refractivity contribution is 0.0493. The topological polar surface area (TPSA) is 105 Å². The number of nitrogens with one attached hydrogen (secondary N) is 2. The number of nitrogens with zero attached hydrogens (tertiary/aromatic N) is 4. The van der Waals surface area contributed by atoms with Crippen molar-refractivity contribution in [2.45, 2.75) is 58.2 Å². The van der Waals surface area contributed by atoms with Crippen LogP contribution in [0.15, 0.2) is 30.7 Å². The van der Waals surface area contributed by atoms with Gasteiger partial charge >= 0.3 is 6.09 Å². The molecule has 0 radical (unpaired) electrons. The van der Waals surface area contributed by atoms with Gasteiger partial charge in [-0.2, -0.15) is 0 Å². The van der Waals surface area contributed by atoms with Crippen LogP contribution in [0.4, 0.5) is 15.0 Å². The molecule has 3 aromatic rings. The molecule has 1 aliphatic rings. The first-order valence-corrected chi connectivity index (χ1v) is 11.0. The number of ether oxygens (including phenoxy) is 2. The van der Waals surface area contributed by atoms with Crippen LogP contribution in [0.5, 0.6) is 5.88 Å². The fraction of sp³-hybridized carbons (Fsp3) is 0.478. The predicted molar refractivity (Wildman–Crippen MR) is 122 cm³/mol. The molecule has 3 aromatic heterocycles. The van der Waals surface area contributed by atoms with Gasteiger partial charge in [0.1, 0.15) is 29.4 Å². The van der Waals surface area contributed by atoms with E-state index in [4.69, 9.17) is 9.47 Å². The lowest BCUT2D eigenvalue weighted by Gasteiger charge is -2.27. The number of carbonyl (C=O) groups is 1. The minimum Gasteiger partial charge on any atom is -0.475 e. The summed E-state index contributed by atoms with van der Waals surface area (Å²) in [5.41, 5.74) is 1.56. The van der Waals surface area contributed by atoms with Gasteiger partial charge in [0.25, 0.3) is 0 Å². The number of halogens is 1. The summed E-state index contributed by atoms with van der Waals surface area (Å²) in [5, 5.41) is 2.74. The van der Waals surface area contributed by atoms with Gasteiger partial charge in [-0.3, -0.25) is 0 Å². The van der Waals surface area contributed by atoms with E-state index in [2.05, 4.69) is 30.2 Å². The molecule has 0 bridgehead atoms. The lowest BCUT2D eigenvalue weighted by atomic mass is 10.1. The first kappa shape index (κ1) is 22.8. The Balaban J connectivity index is 1.49. The van der Waals surface area contributed by atoms with Crippen LogP contribution in [0, 0.1) is 5.82 Å². The number of alkyl carbamates (subject to hydrolysis) is 1. The van der Waals surface area contributed by atoms with Crippen LogP contribution in [-0.4, -0.2) is 50.8 Å². The number of aromatic amines is 1. The first-order valence-electron chi connectivity index (χ1n) is 11.0. The maximum Gasteiger partial charge on any atom is 0.407 e. The summed E-state index contributed by atoms with van der Waals surface area (Å²) in [6.07, 6.45) is 3.97. The van der Waals surface area contributed by atoms with Gasteiger partial charge in [-0.25, -0.2) is 24.1 Å². The molecule has 0 unspecified atom stereocenters. The first-order chi connectivity index (χ1) is 15.7. The number of H-pyrrole nitrogens is 1. The summed E-state index contributed by atoms with van der Waals surface area (Å²) >= 11 is 0. The number of hydrogen-bond acceptors (Lipinski definition) is 7. The second-order valence-electron chi connectivity index (χ2n) is 9.20. The monoisotopic (exact) mass is 456 g/mol. The highest BCUT2D eigenvalue weighted by molar-refractivity contribution is 5.72. The number of imidazole rings is 1. The third kappa shape index (κ3) is 5.50. The van der Waals surface area contributed by atoms with Gasteiger partial charge < -0.3 is 24.7 Å². The average Bonchev–Trinajstić information content (AvgIpc) is 3.40. The van der Waals surface area contributed by atoms with Crippen molar-refractivity contribution < 1.29 is 18.7 Å². The number of rotatable bonds is 6. The molecule has 1 saturated heterocycles. The Morgan fingerprint density at radius 3 is 2.97 bits per heavy atom. The standard InChI is InChI=1S/C23H29FN6O3/c1-14(28-22(31)33-23(2,3)4)12-32-21-16(10-15(24)11-25-21)18-6-5-9-30(18)19-8-7-17-20(29-19)27-13-26-17/h7-8,10-11,13-14,18H,5-6,9,12H2,1-4H3,(H,28,31)(H,26,27,29)/t14-,18-/m1/s1. The molecule has 0 saturated carbocycles. The SMILES string of the molecule is C[C@H](COc1ncc(F)cc1[C@H]1CCCN1c1ccc2nc[nH]c2n1)NC(=O)OC(C)(C)C. The Labute approximate surface area is 191 Å². The van der Waals surface area contributed by atoms with Crippen LogP contribution in [0.25, 0.3) is 11.2 Å². The highest BCUT2D eigenvalue weighted by atomic mass is 19.1. The van der Waals surface area contributed by atoms with Crippen LogP contribution < -0.4 is 15.0 Å². The quantitative estimate of drug-likeness (QED) is 0.575. The fourth-order valence-corrected chi connectivity index (χ4v) is 3.90. The van der Waals surface area contributed by atoms with Crippen LogP contribution >= 0.6 is 0 Å². The molecular formula is C23H29FN6O3. The van der Waals surface area contributed by atoms with Crippen molar-refractivity contribution in [2.75, 3.05) is 18.1 Å². The molecule has 9 nitrogen and oxygen atoms in total. The van der Waals surface area contributed by atoms with E-state index in [9.17, 15) is 9.18 Å². The zero-order valence-electron chi connectivity index (χ0n) is 19.3. The highest BCUT2D eigenvalue weighted by Gasteiger charge is 2.31. The van der Waals surface area contributed by atoms with Crippen LogP contribution in [0.1, 0.15) is 52.1 Å². The van der Waals surface area contributed by atoms with Crippen molar-refractivity contribution in [3.8, 4) is 5.88 Å². The molecule has 2 N–H and O–H groups in total. The molecule has 0 aromatic carbocycles. The second kappa shape index (κ2) is 9.21. The summed E-state index contributed by atoms with van der Waals surface area (Å²) in [4.78, 5) is 30.2. The number of carbonyl (C=O) groups excluding carboxylic acids is 1. The Bertz CT molecular complexity index is 1130. The molecule has 10 heteroatoms. The summed E-state index contributed by atoms with van der Waals surface area (Å²) in [7, 11) is 0. The molecule has 2 atom stereocenters. The largest absolute Gasteiger partial charge is 0.475 e. The van der Waals surface area contributed by atoms with E-state index in [0.717, 1.165) is 36.9 Å². The Hall–Kier alpha value is -3.43. The maximum atomic E-state index is 14.2. The number of pyridine rings is 2. The van der Waals surface area contributed by atoms with E-state index in [1.54, 1.807) is 34.0 Å². The van der Waals surface area contributed by atoms with Crippen molar-refractivity contribution in [3.63, 3.8) is 0 Å². The summed E-state index contributed by atoms with van der Waals surface area (Å²) in [6.45, 7) is 8.15. The molecule has 1 aliphatic heterocycles. The molecule has 4 rings (SSSR count). The van der Waals surface area contributed by atoms with Gasteiger partial charge in [-0.15, -0.1) is 0 Å². The molecule has 33 heavy (non-hydrogen) atoms. The van der Waals surface area contributed by atoms with Gasteiger partial charge in [0.15, 0.2) is 5.65 Å². The molecular weight excluding hydrogens is 427 g/mol. The minimum atomic E-state index is -0.588. The molecule has 176 valence electrons. The summed E-state index contributed by atoms with van der Waals surface area (Å²) in [6, 6.07) is 4.83. The minimum absolute atomic E-state index is 0.134. The smallest absolute Gasteiger partial charge is 0.407 e. The van der Waals surface area contributed by atoms with E-state index >= 15 is 0 Å². The Morgan fingerprint density at radius 2 is 2.18 bits per heavy atom. The number of hydrogen-bond donors (Lipinski definition) is 2. The Morgan fingerprint density at radius 1 is 1.36 bits per heavy atom. The molecule has 4 heterocycles. The number of fused-ring (bicyclic) bond motifs is 1. The zero-order chi connectivity index (χ0) is 23.6. The highest BCUT2D eigenvalue weighted by Crippen LogP contribution is 2.39. The second-order valence-corrected chi connectivity index (χ2v) is 9.20. The van der Waals surface area contributed by atoms with E-state index in [1.165, 1.54) is 6.07 Å². The number of aromatic nitrogens is 4. The van der Waals surface area contributed by atoms with Gasteiger partial charge in [-0.05, 0) is 58.7 Å². The molecule has 0 aliphatic carbocycles. The van der Waals surface area contributed by atoms with Crippen molar-refractivity contribution in [1.29, 1.82) is 0 Å². The van der Waals surface area contributed by atoms with Crippen molar-refractivity contribution in [1.82, 2.24) is 25.3 Å². The van der Waals surface area contributed by atoms with Gasteiger partial charge in [0.05, 0.1) is 24.6 Å². The average molecular weight is 457 g/mol. The molecule has 1 amide bonds. The normalized spacial score (nSPS) is 17.2. The summed E-state index contributed by atoms with van der Waals surface area (Å²) in [5.74, 6) is 0.694. The van der Waals surface area contributed by atoms with E-state index in [-0.39, 0.29) is 18.7 Å². The van der Waals surface area contributed by atoms with E-state index in [1.807, 2.05) is 12.1 Å². The molecule has 0 spiro atoms. The summed E-state index contributed by atoms with van der Waals surface area (Å²) < 4.78 is 25.4. The van der Waals surface area contributed by atoms with E-state index < -0.39 is 17.5 Å². The van der Waals surface area contributed by atoms with Gasteiger partial charge in [0, 0.05) is 12.1 Å². The van der Waals surface area contributed by atoms with Gasteiger partial charge in [-0.1, -0.05) is 0 Å².